The molecule has 0 saturated carbocycles. The molecule has 0 bridgehead atoms. The van der Waals surface area contributed by atoms with E-state index >= 15 is 0 Å². The maximum atomic E-state index is 11.2. The third-order valence-corrected chi connectivity index (χ3v) is 3.64. The lowest BCUT2D eigenvalue weighted by atomic mass is 10.1. The van der Waals surface area contributed by atoms with Crippen molar-refractivity contribution in [3.8, 4) is 5.75 Å². The molecule has 0 aliphatic carbocycles. The third kappa shape index (κ3) is 6.30. The van der Waals surface area contributed by atoms with Gasteiger partial charge < -0.3 is 14.8 Å². The smallest absolute Gasteiger partial charge is 0.407 e. The SMILES string of the molecule is O=C(NCCOc1ccc(Cc2ccccc2)cc1Cl)OCCCl. The molecule has 0 aliphatic heterocycles. The molecule has 1 N–H and O–H groups in total. The van der Waals surface area contributed by atoms with E-state index in [4.69, 9.17) is 32.7 Å². The highest BCUT2D eigenvalue weighted by Crippen LogP contribution is 2.26. The van der Waals surface area contributed by atoms with Crippen LogP contribution in [0.25, 0.3) is 0 Å². The van der Waals surface area contributed by atoms with E-state index < -0.39 is 6.09 Å². The largest absolute Gasteiger partial charge is 0.490 e. The molecule has 0 aromatic heterocycles. The molecule has 0 spiro atoms. The highest BCUT2D eigenvalue weighted by molar-refractivity contribution is 6.32. The van der Waals surface area contributed by atoms with Gasteiger partial charge in [0.25, 0.3) is 0 Å². The number of rotatable bonds is 8. The molecule has 4 nitrogen and oxygen atoms in total. The second-order valence-electron chi connectivity index (χ2n) is 5.03. The van der Waals surface area contributed by atoms with Crippen molar-refractivity contribution < 1.29 is 14.3 Å². The molecule has 0 fully saturated rings. The number of carbonyl (C=O) groups is 1. The molecule has 0 aliphatic rings. The number of amides is 1. The molecule has 2 aromatic carbocycles. The molecule has 128 valence electrons. The van der Waals surface area contributed by atoms with E-state index in [1.165, 1.54) is 5.56 Å². The first-order valence-electron chi connectivity index (χ1n) is 7.61. The summed E-state index contributed by atoms with van der Waals surface area (Å²) in [5.41, 5.74) is 2.34. The third-order valence-electron chi connectivity index (χ3n) is 3.19. The fraction of sp³-hybridized carbons (Fsp3) is 0.278. The summed E-state index contributed by atoms with van der Waals surface area (Å²) < 4.78 is 10.3. The number of alkyl carbamates (subject to hydrolysis) is 1. The summed E-state index contributed by atoms with van der Waals surface area (Å²) in [5, 5.41) is 3.11. The van der Waals surface area contributed by atoms with Crippen molar-refractivity contribution in [1.82, 2.24) is 5.32 Å². The van der Waals surface area contributed by atoms with Crippen LogP contribution in [0.4, 0.5) is 4.79 Å². The highest BCUT2D eigenvalue weighted by Gasteiger charge is 2.05. The van der Waals surface area contributed by atoms with Crippen LogP contribution >= 0.6 is 23.2 Å². The van der Waals surface area contributed by atoms with Crippen LogP contribution in [0.3, 0.4) is 0 Å². The summed E-state index contributed by atoms with van der Waals surface area (Å²) in [6.07, 6.45) is 0.304. The van der Waals surface area contributed by atoms with Crippen LogP contribution in [0.15, 0.2) is 48.5 Å². The Hall–Kier alpha value is -1.91. The monoisotopic (exact) mass is 367 g/mol. The van der Waals surface area contributed by atoms with Gasteiger partial charge in [0.2, 0.25) is 0 Å². The van der Waals surface area contributed by atoms with Crippen molar-refractivity contribution in [2.45, 2.75) is 6.42 Å². The normalized spacial score (nSPS) is 10.2. The Morgan fingerprint density at radius 2 is 1.83 bits per heavy atom. The zero-order valence-electron chi connectivity index (χ0n) is 13.1. The Morgan fingerprint density at radius 3 is 2.54 bits per heavy atom. The topological polar surface area (TPSA) is 47.6 Å². The summed E-state index contributed by atoms with van der Waals surface area (Å²) in [5.74, 6) is 0.860. The minimum absolute atomic E-state index is 0.183. The minimum Gasteiger partial charge on any atom is -0.490 e. The molecule has 0 unspecified atom stereocenters. The first-order valence-corrected chi connectivity index (χ1v) is 8.52. The van der Waals surface area contributed by atoms with Crippen molar-refractivity contribution in [3.63, 3.8) is 0 Å². The van der Waals surface area contributed by atoms with Crippen molar-refractivity contribution >= 4 is 29.3 Å². The zero-order chi connectivity index (χ0) is 17.2. The number of alkyl halides is 1. The van der Waals surface area contributed by atoms with E-state index in [0.717, 1.165) is 12.0 Å². The number of nitrogens with one attached hydrogen (secondary N) is 1. The van der Waals surface area contributed by atoms with Gasteiger partial charge >= 0.3 is 6.09 Å². The first-order chi connectivity index (χ1) is 11.7. The first kappa shape index (κ1) is 18.4. The molecular formula is C18H19Cl2NO3. The Kier molecular flexibility index (Phi) is 7.72. The number of benzene rings is 2. The van der Waals surface area contributed by atoms with E-state index in [1.807, 2.05) is 36.4 Å². The summed E-state index contributed by atoms with van der Waals surface area (Å²) in [7, 11) is 0. The van der Waals surface area contributed by atoms with Crippen molar-refractivity contribution in [1.29, 1.82) is 0 Å². The van der Waals surface area contributed by atoms with Gasteiger partial charge in [0, 0.05) is 0 Å². The Bertz CT molecular complexity index is 650. The molecule has 1 amide bonds. The van der Waals surface area contributed by atoms with Gasteiger partial charge in [-0.1, -0.05) is 48.0 Å². The molecule has 24 heavy (non-hydrogen) atoms. The van der Waals surface area contributed by atoms with Crippen molar-refractivity contribution in [3.05, 3.63) is 64.7 Å². The number of hydrogen-bond acceptors (Lipinski definition) is 3. The molecule has 0 radical (unpaired) electrons. The average Bonchev–Trinajstić information content (AvgIpc) is 2.59. The average molecular weight is 368 g/mol. The fourth-order valence-corrected chi connectivity index (χ4v) is 2.43. The highest BCUT2D eigenvalue weighted by atomic mass is 35.5. The predicted molar refractivity (Wildman–Crippen MR) is 96.3 cm³/mol. The number of halogens is 2. The second-order valence-corrected chi connectivity index (χ2v) is 5.81. The van der Waals surface area contributed by atoms with Gasteiger partial charge in [-0.15, -0.1) is 11.6 Å². The fourth-order valence-electron chi connectivity index (χ4n) is 2.10. The van der Waals surface area contributed by atoms with E-state index in [2.05, 4.69) is 17.4 Å². The van der Waals surface area contributed by atoms with Gasteiger partial charge in [-0.25, -0.2) is 4.79 Å². The summed E-state index contributed by atoms with van der Waals surface area (Å²) >= 11 is 11.7. The molecule has 6 heteroatoms. The zero-order valence-corrected chi connectivity index (χ0v) is 14.6. The van der Waals surface area contributed by atoms with Gasteiger partial charge in [0.15, 0.2) is 0 Å². The summed E-state index contributed by atoms with van der Waals surface area (Å²) in [6, 6.07) is 15.9. The Balaban J connectivity index is 1.79. The van der Waals surface area contributed by atoms with Gasteiger partial charge in [-0.05, 0) is 29.7 Å². The van der Waals surface area contributed by atoms with E-state index in [0.29, 0.717) is 23.9 Å². The lowest BCUT2D eigenvalue weighted by molar-refractivity contribution is 0.150. The molecule has 0 atom stereocenters. The van der Waals surface area contributed by atoms with Crippen LogP contribution < -0.4 is 10.1 Å². The van der Waals surface area contributed by atoms with Crippen molar-refractivity contribution in [2.75, 3.05) is 25.6 Å². The van der Waals surface area contributed by atoms with Crippen LogP contribution in [0, 0.1) is 0 Å². The van der Waals surface area contributed by atoms with E-state index in [1.54, 1.807) is 0 Å². The number of ether oxygens (including phenoxy) is 2. The van der Waals surface area contributed by atoms with Crippen LogP contribution in [-0.4, -0.2) is 31.7 Å². The van der Waals surface area contributed by atoms with Crippen LogP contribution in [0.2, 0.25) is 5.02 Å². The van der Waals surface area contributed by atoms with Gasteiger partial charge in [0.1, 0.15) is 19.0 Å². The van der Waals surface area contributed by atoms with Gasteiger partial charge in [-0.3, -0.25) is 0 Å². The summed E-state index contributed by atoms with van der Waals surface area (Å²) in [4.78, 5) is 11.2. The maximum absolute atomic E-state index is 11.2. The van der Waals surface area contributed by atoms with Crippen LogP contribution in [0.1, 0.15) is 11.1 Å². The minimum atomic E-state index is -0.511. The van der Waals surface area contributed by atoms with Gasteiger partial charge in [0.05, 0.1) is 17.4 Å². The molecular weight excluding hydrogens is 349 g/mol. The lowest BCUT2D eigenvalue weighted by Gasteiger charge is -2.10. The Labute approximate surface area is 151 Å². The van der Waals surface area contributed by atoms with Gasteiger partial charge in [-0.2, -0.15) is 0 Å². The molecule has 2 aromatic rings. The van der Waals surface area contributed by atoms with E-state index in [9.17, 15) is 4.79 Å². The van der Waals surface area contributed by atoms with E-state index in [-0.39, 0.29) is 12.5 Å². The number of carbonyl (C=O) groups excluding carboxylic acids is 1. The van der Waals surface area contributed by atoms with Crippen molar-refractivity contribution in [2.24, 2.45) is 0 Å². The quantitative estimate of drug-likeness (QED) is 0.559. The summed E-state index contributed by atoms with van der Waals surface area (Å²) in [6.45, 7) is 0.805. The van der Waals surface area contributed by atoms with Crippen LogP contribution in [0.5, 0.6) is 5.75 Å². The predicted octanol–water partition coefficient (Wildman–Crippen LogP) is 4.27. The maximum Gasteiger partial charge on any atom is 0.407 e. The second kappa shape index (κ2) is 10.1. The van der Waals surface area contributed by atoms with Crippen LogP contribution in [-0.2, 0) is 11.2 Å². The molecule has 0 heterocycles. The lowest BCUT2D eigenvalue weighted by Crippen LogP contribution is -2.29. The molecule has 2 rings (SSSR count). The molecule has 0 saturated heterocycles. The standard InChI is InChI=1S/C18H19Cl2NO3/c19-8-10-24-18(22)21-9-11-23-17-7-6-15(13-16(17)20)12-14-4-2-1-3-5-14/h1-7,13H,8-12H2,(H,21,22). The Morgan fingerprint density at radius 1 is 1.04 bits per heavy atom. The number of hydrogen-bond donors (Lipinski definition) is 1.